The fourth-order valence-electron chi connectivity index (χ4n) is 4.66. The van der Waals surface area contributed by atoms with Crippen LogP contribution in [-0.2, 0) is 30.6 Å². The average molecular weight is 600 g/mol. The predicted molar refractivity (Wildman–Crippen MR) is 162 cm³/mol. The second-order valence-electron chi connectivity index (χ2n) is 11.1. The van der Waals surface area contributed by atoms with E-state index in [1.54, 1.807) is 38.1 Å². The first-order chi connectivity index (χ1) is 20.5. The zero-order valence-corrected chi connectivity index (χ0v) is 25.1. The smallest absolute Gasteiger partial charge is 0.312 e. The SMILES string of the molecule is CC(C)[C@H](NC(=O)CCCCCCC1=CC(=O)CCC1=O)C(=O)N[C@@H](CCCNC(N)=O)C(=O)Nc1ccc(CO)cc1. The first-order valence-corrected chi connectivity index (χ1v) is 14.9. The molecule has 236 valence electrons. The summed E-state index contributed by atoms with van der Waals surface area (Å²) in [6.07, 6.45) is 6.33. The van der Waals surface area contributed by atoms with Gasteiger partial charge >= 0.3 is 6.03 Å². The van der Waals surface area contributed by atoms with Crippen molar-refractivity contribution in [3.63, 3.8) is 0 Å². The summed E-state index contributed by atoms with van der Waals surface area (Å²) in [5.41, 5.74) is 6.87. The maximum atomic E-state index is 13.2. The topological polar surface area (TPSA) is 197 Å². The normalized spacial score (nSPS) is 14.5. The fraction of sp³-hybridized carbons (Fsp3) is 0.548. The molecule has 1 aromatic carbocycles. The minimum atomic E-state index is -0.945. The number of hydrogen-bond donors (Lipinski definition) is 6. The lowest BCUT2D eigenvalue weighted by Crippen LogP contribution is -2.54. The number of ketones is 2. The number of rotatable bonds is 18. The molecule has 1 aliphatic carbocycles. The second kappa shape index (κ2) is 18.5. The fourth-order valence-corrected chi connectivity index (χ4v) is 4.66. The van der Waals surface area contributed by atoms with Crippen LogP contribution in [0.15, 0.2) is 35.9 Å². The van der Waals surface area contributed by atoms with Gasteiger partial charge in [-0.1, -0.05) is 38.8 Å². The van der Waals surface area contributed by atoms with E-state index in [-0.39, 0.29) is 62.2 Å². The summed E-state index contributed by atoms with van der Waals surface area (Å²) in [6, 6.07) is 4.12. The van der Waals surface area contributed by atoms with E-state index in [1.807, 2.05) is 0 Å². The molecular weight excluding hydrogens is 554 g/mol. The van der Waals surface area contributed by atoms with Gasteiger partial charge in [-0.15, -0.1) is 0 Å². The molecule has 0 radical (unpaired) electrons. The number of primary amides is 1. The Morgan fingerprint density at radius 2 is 1.60 bits per heavy atom. The van der Waals surface area contributed by atoms with Crippen LogP contribution >= 0.6 is 0 Å². The van der Waals surface area contributed by atoms with E-state index >= 15 is 0 Å². The highest BCUT2D eigenvalue weighted by molar-refractivity contribution is 6.08. The Morgan fingerprint density at radius 3 is 2.26 bits per heavy atom. The number of hydrogen-bond acceptors (Lipinski definition) is 7. The predicted octanol–water partition coefficient (Wildman–Crippen LogP) is 2.39. The van der Waals surface area contributed by atoms with Crippen molar-refractivity contribution in [1.82, 2.24) is 16.0 Å². The van der Waals surface area contributed by atoms with Crippen LogP contribution < -0.4 is 27.0 Å². The van der Waals surface area contributed by atoms with Crippen LogP contribution in [0.25, 0.3) is 0 Å². The number of Topliss-reactive ketones (excluding diaryl/α,β-unsaturated/α-hetero) is 1. The molecule has 1 aliphatic rings. The Morgan fingerprint density at radius 1 is 0.907 bits per heavy atom. The van der Waals surface area contributed by atoms with Gasteiger partial charge in [-0.2, -0.15) is 0 Å². The van der Waals surface area contributed by atoms with Crippen molar-refractivity contribution in [2.45, 2.75) is 96.7 Å². The number of aliphatic hydroxyl groups excluding tert-OH is 1. The molecule has 2 atom stereocenters. The number of urea groups is 1. The molecule has 0 saturated heterocycles. The van der Waals surface area contributed by atoms with Crippen LogP contribution in [-0.4, -0.2) is 59.1 Å². The molecule has 2 rings (SSSR count). The third-order valence-corrected chi connectivity index (χ3v) is 7.16. The first kappa shape index (κ1) is 35.1. The number of benzene rings is 1. The van der Waals surface area contributed by atoms with E-state index in [0.717, 1.165) is 19.3 Å². The van der Waals surface area contributed by atoms with E-state index < -0.39 is 29.9 Å². The molecule has 1 aromatic rings. The summed E-state index contributed by atoms with van der Waals surface area (Å²) < 4.78 is 0. The van der Waals surface area contributed by atoms with Crippen LogP contribution in [0, 0.1) is 5.92 Å². The standard InChI is InChI=1S/C31H45N5O7/c1-20(2)28(36-27(40)10-6-4-3-5-8-22-18-24(38)15-16-26(22)39)30(42)35-25(9-7-17-33-31(32)43)29(41)34-23-13-11-21(19-37)12-14-23/h11-14,18,20,25,28,37H,3-10,15-17,19H2,1-2H3,(H,34,41)(H,35,42)(H,36,40)(H3,32,33,43)/t25-,28-/m0/s1. The van der Waals surface area contributed by atoms with Gasteiger partial charge in [-0.3, -0.25) is 24.0 Å². The van der Waals surface area contributed by atoms with E-state index in [1.165, 1.54) is 6.08 Å². The maximum absolute atomic E-state index is 13.2. The molecule has 5 amide bonds. The molecule has 0 aliphatic heterocycles. The molecular formula is C31H45N5O7. The number of aliphatic hydroxyl groups is 1. The second-order valence-corrected chi connectivity index (χ2v) is 11.1. The van der Waals surface area contributed by atoms with Crippen LogP contribution in [0.1, 0.15) is 83.6 Å². The molecule has 43 heavy (non-hydrogen) atoms. The maximum Gasteiger partial charge on any atom is 0.312 e. The third kappa shape index (κ3) is 13.2. The number of anilines is 1. The summed E-state index contributed by atoms with van der Waals surface area (Å²) >= 11 is 0. The molecule has 0 heterocycles. The number of amides is 5. The van der Waals surface area contributed by atoms with Crippen molar-refractivity contribution in [3.05, 3.63) is 41.5 Å². The number of carbonyl (C=O) groups is 6. The third-order valence-electron chi connectivity index (χ3n) is 7.16. The van der Waals surface area contributed by atoms with Gasteiger partial charge in [-0.25, -0.2) is 4.79 Å². The van der Waals surface area contributed by atoms with Crippen molar-refractivity contribution >= 4 is 41.0 Å². The van der Waals surface area contributed by atoms with Gasteiger partial charge in [-0.05, 0) is 67.4 Å². The lowest BCUT2D eigenvalue weighted by atomic mass is 9.93. The van der Waals surface area contributed by atoms with Crippen LogP contribution in [0.5, 0.6) is 0 Å². The molecule has 0 unspecified atom stereocenters. The van der Waals surface area contributed by atoms with Crippen molar-refractivity contribution < 1.29 is 33.9 Å². The van der Waals surface area contributed by atoms with Gasteiger partial charge in [0.1, 0.15) is 12.1 Å². The van der Waals surface area contributed by atoms with Crippen molar-refractivity contribution in [2.75, 3.05) is 11.9 Å². The highest BCUT2D eigenvalue weighted by atomic mass is 16.3. The van der Waals surface area contributed by atoms with Crippen molar-refractivity contribution in [2.24, 2.45) is 11.7 Å². The zero-order chi connectivity index (χ0) is 31.8. The van der Waals surface area contributed by atoms with Crippen LogP contribution in [0.4, 0.5) is 10.5 Å². The van der Waals surface area contributed by atoms with Gasteiger partial charge in [0.2, 0.25) is 17.7 Å². The monoisotopic (exact) mass is 599 g/mol. The Balaban J connectivity index is 1.88. The highest BCUT2D eigenvalue weighted by Gasteiger charge is 2.28. The van der Waals surface area contributed by atoms with Gasteiger partial charge in [0.25, 0.3) is 0 Å². The molecule has 12 heteroatoms. The van der Waals surface area contributed by atoms with E-state index in [2.05, 4.69) is 21.3 Å². The molecule has 0 spiro atoms. The van der Waals surface area contributed by atoms with Gasteiger partial charge < -0.3 is 32.1 Å². The Hall–Kier alpha value is -4.06. The van der Waals surface area contributed by atoms with Gasteiger partial charge in [0.15, 0.2) is 11.6 Å². The summed E-state index contributed by atoms with van der Waals surface area (Å²) in [4.78, 5) is 73.5. The van der Waals surface area contributed by atoms with E-state index in [9.17, 15) is 33.9 Å². The lowest BCUT2D eigenvalue weighted by Gasteiger charge is -2.25. The summed E-state index contributed by atoms with van der Waals surface area (Å²) in [6.45, 7) is 3.68. The minimum Gasteiger partial charge on any atom is -0.392 e. The van der Waals surface area contributed by atoms with Crippen molar-refractivity contribution in [1.29, 1.82) is 0 Å². The molecule has 0 fully saturated rings. The molecule has 0 bridgehead atoms. The summed E-state index contributed by atoms with van der Waals surface area (Å²) in [5, 5.41) is 20.0. The van der Waals surface area contributed by atoms with Crippen molar-refractivity contribution in [3.8, 4) is 0 Å². The molecule has 7 N–H and O–H groups in total. The van der Waals surface area contributed by atoms with Crippen LogP contribution in [0.2, 0.25) is 0 Å². The summed E-state index contributed by atoms with van der Waals surface area (Å²) in [5.74, 6) is -1.46. The zero-order valence-electron chi connectivity index (χ0n) is 25.1. The Labute approximate surface area is 252 Å². The molecule has 12 nitrogen and oxygen atoms in total. The number of carbonyl (C=O) groups excluding carboxylic acids is 6. The number of nitrogens with one attached hydrogen (secondary N) is 4. The van der Waals surface area contributed by atoms with Crippen LogP contribution in [0.3, 0.4) is 0 Å². The number of unbranched alkanes of at least 4 members (excludes halogenated alkanes) is 3. The first-order valence-electron chi connectivity index (χ1n) is 14.9. The van der Waals surface area contributed by atoms with E-state index in [4.69, 9.17) is 5.73 Å². The van der Waals surface area contributed by atoms with Gasteiger partial charge in [0, 0.05) is 31.5 Å². The van der Waals surface area contributed by atoms with E-state index in [0.29, 0.717) is 36.1 Å². The average Bonchev–Trinajstić information content (AvgIpc) is 2.96. The number of allylic oxidation sites excluding steroid dienone is 2. The Bertz CT molecular complexity index is 1160. The largest absolute Gasteiger partial charge is 0.392 e. The lowest BCUT2D eigenvalue weighted by molar-refractivity contribution is -0.132. The Kier molecular flexibility index (Phi) is 15.1. The van der Waals surface area contributed by atoms with Gasteiger partial charge in [0.05, 0.1) is 6.61 Å². The summed E-state index contributed by atoms with van der Waals surface area (Å²) in [7, 11) is 0. The highest BCUT2D eigenvalue weighted by Crippen LogP contribution is 2.18. The molecule has 0 saturated carbocycles. The minimum absolute atomic E-state index is 0.00408. The number of nitrogens with two attached hydrogens (primary N) is 1. The quantitative estimate of drug-likeness (QED) is 0.139. The molecule has 0 aromatic heterocycles.